The summed E-state index contributed by atoms with van der Waals surface area (Å²) in [7, 11) is 4.97. The van der Waals surface area contributed by atoms with Crippen LogP contribution in [0.3, 0.4) is 0 Å². The van der Waals surface area contributed by atoms with Gasteiger partial charge in [-0.25, -0.2) is 0 Å². The van der Waals surface area contributed by atoms with E-state index in [1.165, 1.54) is 0 Å². The largest absolute Gasteiger partial charge is 0.493 e. The van der Waals surface area contributed by atoms with Crippen LogP contribution in [0.25, 0.3) is 6.08 Å². The van der Waals surface area contributed by atoms with Gasteiger partial charge in [0.2, 0.25) is 0 Å². The number of carbonyl (C=O) groups is 1. The quantitative estimate of drug-likeness (QED) is 0.840. The van der Waals surface area contributed by atoms with Crippen molar-refractivity contribution >= 4 is 12.0 Å². The number of likely N-dealkylation sites (N-methyl/N-ethyl adjacent to an activating group) is 1. The fraction of sp³-hybridized carbons (Fsp3) is 0.250. The summed E-state index contributed by atoms with van der Waals surface area (Å²) in [5, 5.41) is 0. The van der Waals surface area contributed by atoms with E-state index < -0.39 is 0 Å². The Morgan fingerprint density at radius 2 is 1.88 bits per heavy atom. The molecule has 0 aliphatic carbocycles. The van der Waals surface area contributed by atoms with E-state index in [9.17, 15) is 4.79 Å². The Morgan fingerprint density at radius 3 is 2.64 bits per heavy atom. The first-order valence-electron chi connectivity index (χ1n) is 8.01. The lowest BCUT2D eigenvalue weighted by Gasteiger charge is -2.23. The molecular formula is C20H21NO4. The summed E-state index contributed by atoms with van der Waals surface area (Å²) in [6, 6.07) is 13.3. The van der Waals surface area contributed by atoms with Gasteiger partial charge in [-0.3, -0.25) is 4.79 Å². The van der Waals surface area contributed by atoms with Gasteiger partial charge in [-0.05, 0) is 29.8 Å². The van der Waals surface area contributed by atoms with Crippen molar-refractivity contribution in [3.63, 3.8) is 0 Å². The summed E-state index contributed by atoms with van der Waals surface area (Å²) in [5.41, 5.74) is 2.53. The number of fused-ring (bicyclic) bond motifs is 1. The molecule has 3 rings (SSSR count). The number of para-hydroxylation sites is 1. The molecule has 25 heavy (non-hydrogen) atoms. The van der Waals surface area contributed by atoms with Crippen LogP contribution in [-0.4, -0.2) is 38.7 Å². The molecule has 1 aliphatic rings. The summed E-state index contributed by atoms with van der Waals surface area (Å²) < 4.78 is 16.2. The van der Waals surface area contributed by atoms with Gasteiger partial charge >= 0.3 is 0 Å². The SMILES string of the molecule is COc1ccc(CN(C)C(=O)C2=Cc3ccccc3OC2)cc1OC. The normalized spacial score (nSPS) is 12.5. The number of hydrogen-bond acceptors (Lipinski definition) is 4. The van der Waals surface area contributed by atoms with E-state index in [2.05, 4.69) is 0 Å². The van der Waals surface area contributed by atoms with Crippen molar-refractivity contribution in [2.45, 2.75) is 6.54 Å². The Labute approximate surface area is 147 Å². The lowest BCUT2D eigenvalue weighted by atomic mass is 10.1. The van der Waals surface area contributed by atoms with E-state index in [0.29, 0.717) is 23.6 Å². The molecule has 0 spiro atoms. The Morgan fingerprint density at radius 1 is 1.12 bits per heavy atom. The third-order valence-electron chi connectivity index (χ3n) is 4.12. The molecule has 0 aromatic heterocycles. The second-order valence-corrected chi connectivity index (χ2v) is 5.85. The van der Waals surface area contributed by atoms with Crippen LogP contribution in [0.15, 0.2) is 48.0 Å². The van der Waals surface area contributed by atoms with Gasteiger partial charge in [0.05, 0.1) is 19.8 Å². The zero-order valence-corrected chi connectivity index (χ0v) is 14.6. The van der Waals surface area contributed by atoms with Crippen LogP contribution in [0, 0.1) is 0 Å². The van der Waals surface area contributed by atoms with Gasteiger partial charge < -0.3 is 19.1 Å². The second kappa shape index (κ2) is 7.30. The maximum atomic E-state index is 12.7. The fourth-order valence-electron chi connectivity index (χ4n) is 2.81. The Kier molecular flexibility index (Phi) is 4.93. The molecule has 0 saturated heterocycles. The van der Waals surface area contributed by atoms with Crippen LogP contribution in [0.1, 0.15) is 11.1 Å². The zero-order valence-electron chi connectivity index (χ0n) is 14.6. The van der Waals surface area contributed by atoms with E-state index in [1.54, 1.807) is 26.2 Å². The third-order valence-corrected chi connectivity index (χ3v) is 4.12. The molecule has 0 saturated carbocycles. The molecule has 0 radical (unpaired) electrons. The topological polar surface area (TPSA) is 48.0 Å². The van der Waals surface area contributed by atoms with Gasteiger partial charge in [0.1, 0.15) is 12.4 Å². The van der Waals surface area contributed by atoms with Gasteiger partial charge in [-0.15, -0.1) is 0 Å². The van der Waals surface area contributed by atoms with E-state index >= 15 is 0 Å². The van der Waals surface area contributed by atoms with Crippen LogP contribution in [0.2, 0.25) is 0 Å². The van der Waals surface area contributed by atoms with E-state index in [-0.39, 0.29) is 12.5 Å². The fourth-order valence-corrected chi connectivity index (χ4v) is 2.81. The van der Waals surface area contributed by atoms with Crippen LogP contribution >= 0.6 is 0 Å². The number of rotatable bonds is 5. The van der Waals surface area contributed by atoms with E-state index in [0.717, 1.165) is 16.9 Å². The summed E-state index contributed by atoms with van der Waals surface area (Å²) >= 11 is 0. The van der Waals surface area contributed by atoms with Crippen molar-refractivity contribution < 1.29 is 19.0 Å². The van der Waals surface area contributed by atoms with Crippen molar-refractivity contribution in [1.29, 1.82) is 0 Å². The highest BCUT2D eigenvalue weighted by Gasteiger charge is 2.20. The molecular weight excluding hydrogens is 318 g/mol. The minimum Gasteiger partial charge on any atom is -0.493 e. The average Bonchev–Trinajstić information content (AvgIpc) is 2.66. The first-order valence-corrected chi connectivity index (χ1v) is 8.01. The highest BCUT2D eigenvalue weighted by atomic mass is 16.5. The summed E-state index contributed by atoms with van der Waals surface area (Å²) in [5.74, 6) is 2.07. The molecule has 0 bridgehead atoms. The second-order valence-electron chi connectivity index (χ2n) is 5.85. The highest BCUT2D eigenvalue weighted by Crippen LogP contribution is 2.29. The molecule has 5 heteroatoms. The molecule has 0 fully saturated rings. The van der Waals surface area contributed by atoms with Crippen molar-refractivity contribution in [2.75, 3.05) is 27.9 Å². The zero-order chi connectivity index (χ0) is 17.8. The molecule has 1 amide bonds. The Hall–Kier alpha value is -2.95. The van der Waals surface area contributed by atoms with Gasteiger partial charge in [0, 0.05) is 19.2 Å². The third kappa shape index (κ3) is 3.60. The predicted molar refractivity (Wildman–Crippen MR) is 95.9 cm³/mol. The van der Waals surface area contributed by atoms with Gasteiger partial charge in [-0.2, -0.15) is 0 Å². The van der Waals surface area contributed by atoms with E-state index in [1.807, 2.05) is 48.5 Å². The molecule has 2 aromatic carbocycles. The van der Waals surface area contributed by atoms with Crippen LogP contribution in [0.5, 0.6) is 17.2 Å². The van der Waals surface area contributed by atoms with Crippen LogP contribution < -0.4 is 14.2 Å². The highest BCUT2D eigenvalue weighted by molar-refractivity contribution is 5.99. The van der Waals surface area contributed by atoms with Crippen molar-refractivity contribution in [1.82, 2.24) is 4.90 Å². The number of methoxy groups -OCH3 is 2. The maximum absolute atomic E-state index is 12.7. The number of nitrogens with zero attached hydrogens (tertiary/aromatic N) is 1. The lowest BCUT2D eigenvalue weighted by Crippen LogP contribution is -2.30. The Bertz CT molecular complexity index is 813. The molecule has 0 unspecified atom stereocenters. The minimum atomic E-state index is -0.0516. The molecule has 1 aliphatic heterocycles. The maximum Gasteiger partial charge on any atom is 0.253 e. The number of amides is 1. The minimum absolute atomic E-state index is 0.0516. The van der Waals surface area contributed by atoms with Crippen molar-refractivity contribution in [3.8, 4) is 17.2 Å². The number of hydrogen-bond donors (Lipinski definition) is 0. The van der Waals surface area contributed by atoms with Crippen molar-refractivity contribution in [2.24, 2.45) is 0 Å². The van der Waals surface area contributed by atoms with Crippen LogP contribution in [0.4, 0.5) is 0 Å². The summed E-state index contributed by atoms with van der Waals surface area (Å²) in [6.45, 7) is 0.754. The number of benzene rings is 2. The standard InChI is InChI=1S/C20H21NO4/c1-21(12-14-8-9-18(23-2)19(10-14)24-3)20(22)16-11-15-6-4-5-7-17(15)25-13-16/h4-11H,12-13H2,1-3H3. The molecule has 0 atom stereocenters. The van der Waals surface area contributed by atoms with Crippen LogP contribution in [-0.2, 0) is 11.3 Å². The lowest BCUT2D eigenvalue weighted by molar-refractivity contribution is -0.126. The van der Waals surface area contributed by atoms with E-state index in [4.69, 9.17) is 14.2 Å². The molecule has 2 aromatic rings. The monoisotopic (exact) mass is 339 g/mol. The summed E-state index contributed by atoms with van der Waals surface area (Å²) in [6.07, 6.45) is 1.90. The predicted octanol–water partition coefficient (Wildman–Crippen LogP) is 3.14. The summed E-state index contributed by atoms with van der Waals surface area (Å²) in [4.78, 5) is 14.4. The smallest absolute Gasteiger partial charge is 0.253 e. The Balaban J connectivity index is 1.74. The molecule has 5 nitrogen and oxygen atoms in total. The first kappa shape index (κ1) is 16.9. The molecule has 0 N–H and O–H groups in total. The first-order chi connectivity index (χ1) is 12.1. The van der Waals surface area contributed by atoms with Gasteiger partial charge in [-0.1, -0.05) is 24.3 Å². The average molecular weight is 339 g/mol. The van der Waals surface area contributed by atoms with Gasteiger partial charge in [0.25, 0.3) is 5.91 Å². The molecule has 130 valence electrons. The molecule has 1 heterocycles. The van der Waals surface area contributed by atoms with Gasteiger partial charge in [0.15, 0.2) is 11.5 Å². The number of carbonyl (C=O) groups excluding carboxylic acids is 1. The number of ether oxygens (including phenoxy) is 3. The van der Waals surface area contributed by atoms with Crippen molar-refractivity contribution in [3.05, 3.63) is 59.2 Å².